The number of halogens is 1. The van der Waals surface area contributed by atoms with Crippen molar-refractivity contribution >= 4 is 56.5 Å². The van der Waals surface area contributed by atoms with E-state index in [1.807, 2.05) is 0 Å². The van der Waals surface area contributed by atoms with Crippen LogP contribution in [0.4, 0.5) is 11.4 Å². The van der Waals surface area contributed by atoms with Crippen molar-refractivity contribution in [1.82, 2.24) is 0 Å². The number of hydrogen-bond acceptors (Lipinski definition) is 10. The molecule has 1 heterocycles. The maximum absolute atomic E-state index is 12.7. The van der Waals surface area contributed by atoms with Crippen LogP contribution < -0.4 is 4.74 Å². The molecule has 0 N–H and O–H groups in total. The number of fused-ring (bicyclic) bond motifs is 1. The summed E-state index contributed by atoms with van der Waals surface area (Å²) in [5, 5.41) is 22.3. The van der Waals surface area contributed by atoms with Crippen LogP contribution in [0.3, 0.4) is 0 Å². The van der Waals surface area contributed by atoms with E-state index in [0.717, 1.165) is 12.1 Å². The first-order chi connectivity index (χ1) is 15.6. The molecule has 33 heavy (non-hydrogen) atoms. The number of carbonyl (C=O) groups is 3. The van der Waals surface area contributed by atoms with Gasteiger partial charge >= 0.3 is 11.9 Å². The molecule has 12 nitrogen and oxygen atoms in total. The van der Waals surface area contributed by atoms with Gasteiger partial charge in [-0.05, 0) is 41.4 Å². The number of nitro benzene ring substituents is 2. The van der Waals surface area contributed by atoms with Crippen LogP contribution in [0.2, 0.25) is 0 Å². The lowest BCUT2D eigenvalue weighted by molar-refractivity contribution is -0.394. The molecule has 2 aromatic carbocycles. The van der Waals surface area contributed by atoms with E-state index in [1.54, 1.807) is 13.8 Å². The summed E-state index contributed by atoms with van der Waals surface area (Å²) in [6, 6.07) is 3.74. The maximum atomic E-state index is 12.7. The van der Waals surface area contributed by atoms with Gasteiger partial charge in [0, 0.05) is 12.1 Å². The topological polar surface area (TPSA) is 169 Å². The second-order valence-electron chi connectivity index (χ2n) is 6.53. The Kier molecular flexibility index (Phi) is 6.53. The zero-order valence-electron chi connectivity index (χ0n) is 16.9. The molecule has 0 fully saturated rings. The predicted molar refractivity (Wildman–Crippen MR) is 115 cm³/mol. The fraction of sp³-hybridized carbons (Fsp3) is 0.150. The second-order valence-corrected chi connectivity index (χ2v) is 7.32. The van der Waals surface area contributed by atoms with E-state index in [0.29, 0.717) is 17.9 Å². The highest BCUT2D eigenvalue weighted by atomic mass is 79.9. The zero-order valence-corrected chi connectivity index (χ0v) is 18.5. The summed E-state index contributed by atoms with van der Waals surface area (Å²) < 4.78 is 15.8. The highest BCUT2D eigenvalue weighted by molar-refractivity contribution is 9.10. The lowest BCUT2D eigenvalue weighted by Gasteiger charge is -2.10. The van der Waals surface area contributed by atoms with Gasteiger partial charge in [0.25, 0.3) is 11.4 Å². The van der Waals surface area contributed by atoms with Gasteiger partial charge in [-0.25, -0.2) is 9.59 Å². The molecule has 170 valence electrons. The summed E-state index contributed by atoms with van der Waals surface area (Å²) in [4.78, 5) is 56.9. The van der Waals surface area contributed by atoms with E-state index in [9.17, 15) is 34.6 Å². The van der Waals surface area contributed by atoms with Crippen molar-refractivity contribution in [3.8, 4) is 5.75 Å². The van der Waals surface area contributed by atoms with E-state index in [-0.39, 0.29) is 39.1 Å². The summed E-state index contributed by atoms with van der Waals surface area (Å²) in [5.41, 5.74) is -1.40. The van der Waals surface area contributed by atoms with Gasteiger partial charge in [0.2, 0.25) is 0 Å². The highest BCUT2D eigenvalue weighted by Crippen LogP contribution is 2.40. The number of rotatable bonds is 7. The third kappa shape index (κ3) is 4.43. The van der Waals surface area contributed by atoms with Crippen molar-refractivity contribution in [3.05, 3.63) is 71.4 Å². The van der Waals surface area contributed by atoms with Crippen LogP contribution in [-0.4, -0.2) is 34.7 Å². The number of aldehydes is 1. The van der Waals surface area contributed by atoms with Gasteiger partial charge < -0.3 is 13.9 Å². The Bertz CT molecular complexity index is 1310. The number of nitro groups is 2. The van der Waals surface area contributed by atoms with E-state index in [2.05, 4.69) is 15.9 Å². The van der Waals surface area contributed by atoms with Crippen molar-refractivity contribution in [2.45, 2.75) is 13.8 Å². The third-order valence-electron chi connectivity index (χ3n) is 4.43. The monoisotopic (exact) mass is 520 g/mol. The van der Waals surface area contributed by atoms with E-state index < -0.39 is 38.7 Å². The first-order valence-electron chi connectivity index (χ1n) is 9.12. The first-order valence-corrected chi connectivity index (χ1v) is 9.92. The van der Waals surface area contributed by atoms with E-state index in [1.165, 1.54) is 6.07 Å². The number of aryl methyl sites for hydroxylation is 1. The molecular weight excluding hydrogens is 508 g/mol. The molecule has 0 saturated heterocycles. The number of nitrogens with zero attached hydrogens (tertiary/aromatic N) is 2. The van der Waals surface area contributed by atoms with Crippen molar-refractivity contribution in [2.75, 3.05) is 6.61 Å². The van der Waals surface area contributed by atoms with E-state index in [4.69, 9.17) is 13.9 Å². The number of hydrogen-bond donors (Lipinski definition) is 0. The van der Waals surface area contributed by atoms with Gasteiger partial charge in [-0.2, -0.15) is 0 Å². The molecule has 0 aliphatic carbocycles. The molecule has 0 radical (unpaired) electrons. The Labute approximate surface area is 192 Å². The number of ether oxygens (including phenoxy) is 2. The minimum Gasteiger partial charge on any atom is -0.462 e. The minimum absolute atomic E-state index is 0.0284. The average molecular weight is 521 g/mol. The van der Waals surface area contributed by atoms with Crippen LogP contribution in [-0.2, 0) is 4.74 Å². The molecule has 3 aromatic rings. The van der Waals surface area contributed by atoms with Gasteiger partial charge in [-0.1, -0.05) is 0 Å². The quantitative estimate of drug-likeness (QED) is 0.142. The molecule has 0 amide bonds. The Morgan fingerprint density at radius 1 is 1.09 bits per heavy atom. The number of esters is 2. The molecular formula is C20H13BrN2O10. The van der Waals surface area contributed by atoms with Crippen molar-refractivity contribution in [3.63, 3.8) is 0 Å². The first kappa shape index (κ1) is 23.5. The normalized spacial score (nSPS) is 10.6. The van der Waals surface area contributed by atoms with Gasteiger partial charge in [-0.15, -0.1) is 0 Å². The SMILES string of the molecule is CCOC(=O)c1c(C=O)oc2c(C)cc(OC(=O)c3cc([N+](=O)[O-])cc([N+](=O)[O-])c3)c(Br)c12. The summed E-state index contributed by atoms with van der Waals surface area (Å²) >= 11 is 3.23. The Hall–Kier alpha value is -4.13. The minimum atomic E-state index is -1.13. The summed E-state index contributed by atoms with van der Waals surface area (Å²) in [5.74, 6) is -2.37. The lowest BCUT2D eigenvalue weighted by atomic mass is 10.1. The van der Waals surface area contributed by atoms with Crippen molar-refractivity contribution in [1.29, 1.82) is 0 Å². The van der Waals surface area contributed by atoms with Crippen LogP contribution in [0.1, 0.15) is 43.8 Å². The van der Waals surface area contributed by atoms with Crippen LogP contribution in [0.5, 0.6) is 5.75 Å². The predicted octanol–water partition coefficient (Wildman–Crippen LogP) is 4.53. The van der Waals surface area contributed by atoms with Crippen molar-refractivity contribution < 1.29 is 38.1 Å². The summed E-state index contributed by atoms with van der Waals surface area (Å²) in [7, 11) is 0. The Morgan fingerprint density at radius 3 is 2.21 bits per heavy atom. The molecule has 0 atom stereocenters. The van der Waals surface area contributed by atoms with Gasteiger partial charge in [0.1, 0.15) is 16.9 Å². The average Bonchev–Trinajstić information content (AvgIpc) is 3.17. The van der Waals surface area contributed by atoms with Gasteiger partial charge in [-0.3, -0.25) is 25.0 Å². The molecule has 0 bridgehead atoms. The largest absolute Gasteiger partial charge is 0.462 e. The lowest BCUT2D eigenvalue weighted by Crippen LogP contribution is -2.11. The number of carbonyl (C=O) groups excluding carboxylic acids is 3. The molecule has 0 aliphatic rings. The molecule has 0 unspecified atom stereocenters. The molecule has 13 heteroatoms. The third-order valence-corrected chi connectivity index (χ3v) is 5.21. The molecule has 0 spiro atoms. The van der Waals surface area contributed by atoms with Crippen LogP contribution in [0.25, 0.3) is 11.0 Å². The van der Waals surface area contributed by atoms with Gasteiger partial charge in [0.05, 0.1) is 37.9 Å². The summed E-state index contributed by atoms with van der Waals surface area (Å²) in [6.07, 6.45) is 0.339. The van der Waals surface area contributed by atoms with Crippen molar-refractivity contribution in [2.24, 2.45) is 0 Å². The maximum Gasteiger partial charge on any atom is 0.344 e. The van der Waals surface area contributed by atoms with Crippen LogP contribution in [0, 0.1) is 27.2 Å². The fourth-order valence-electron chi connectivity index (χ4n) is 3.03. The standard InChI is InChI=1S/C20H13BrN2O10/c1-3-31-20(26)15-14(8-24)32-18-9(2)4-13(17(21)16(15)18)33-19(25)10-5-11(22(27)28)7-12(6-10)23(29)30/h4-8H,3H2,1-2H3. The molecule has 0 aliphatic heterocycles. The second kappa shape index (κ2) is 9.16. The summed E-state index contributed by atoms with van der Waals surface area (Å²) in [6.45, 7) is 3.17. The van der Waals surface area contributed by atoms with Crippen LogP contribution in [0.15, 0.2) is 33.2 Å². The van der Waals surface area contributed by atoms with Crippen LogP contribution >= 0.6 is 15.9 Å². The number of non-ortho nitro benzene ring substituents is 2. The molecule has 0 saturated carbocycles. The zero-order chi connectivity index (χ0) is 24.4. The molecule has 1 aromatic heterocycles. The molecule has 3 rings (SSSR count). The van der Waals surface area contributed by atoms with Gasteiger partial charge in [0.15, 0.2) is 12.0 Å². The Morgan fingerprint density at radius 2 is 1.70 bits per heavy atom. The Balaban J connectivity index is 2.13. The van der Waals surface area contributed by atoms with E-state index >= 15 is 0 Å². The number of benzene rings is 2. The number of furan rings is 1. The smallest absolute Gasteiger partial charge is 0.344 e. The highest BCUT2D eigenvalue weighted by Gasteiger charge is 2.28. The fourth-order valence-corrected chi connectivity index (χ4v) is 3.60.